The van der Waals surface area contributed by atoms with Crippen LogP contribution in [0, 0.1) is 11.8 Å². The molecule has 4 nitrogen and oxygen atoms in total. The molecule has 1 aromatic rings. The number of likely N-dealkylation sites (tertiary alicyclic amines) is 1. The lowest BCUT2D eigenvalue weighted by Crippen LogP contribution is -2.37. The van der Waals surface area contributed by atoms with Crippen LogP contribution in [0.5, 0.6) is 0 Å². The van der Waals surface area contributed by atoms with E-state index in [1.165, 1.54) is 0 Å². The van der Waals surface area contributed by atoms with Gasteiger partial charge in [-0.25, -0.2) is 0 Å². The maximum atomic E-state index is 12.5. The molecular formula is C17H27N3O. The van der Waals surface area contributed by atoms with Gasteiger partial charge in [-0.1, -0.05) is 20.8 Å². The highest BCUT2D eigenvalue weighted by atomic mass is 16.2. The first-order chi connectivity index (χ1) is 10.1. The number of nitrogens with zero attached hydrogens (tertiary/aromatic N) is 2. The van der Waals surface area contributed by atoms with Gasteiger partial charge >= 0.3 is 0 Å². The largest absolute Gasteiger partial charge is 0.384 e. The molecule has 1 saturated heterocycles. The van der Waals surface area contributed by atoms with Gasteiger partial charge in [-0.2, -0.15) is 0 Å². The van der Waals surface area contributed by atoms with Crippen LogP contribution < -0.4 is 5.32 Å². The molecule has 4 heteroatoms. The van der Waals surface area contributed by atoms with E-state index in [0.29, 0.717) is 11.5 Å². The van der Waals surface area contributed by atoms with Crippen LogP contribution in [0.4, 0.5) is 5.69 Å². The molecule has 0 saturated carbocycles. The number of hydrogen-bond donors (Lipinski definition) is 1. The number of amides is 1. The van der Waals surface area contributed by atoms with E-state index in [9.17, 15) is 4.79 Å². The third-order valence-corrected chi connectivity index (χ3v) is 4.11. The topological polar surface area (TPSA) is 45.2 Å². The molecule has 1 aliphatic heterocycles. The number of nitrogens with one attached hydrogen (secondary N) is 1. The zero-order valence-electron chi connectivity index (χ0n) is 13.4. The summed E-state index contributed by atoms with van der Waals surface area (Å²) < 4.78 is 0. The fraction of sp³-hybridized carbons (Fsp3) is 0.647. The van der Waals surface area contributed by atoms with Crippen molar-refractivity contribution in [3.63, 3.8) is 0 Å². The summed E-state index contributed by atoms with van der Waals surface area (Å²) >= 11 is 0. The molecule has 0 bridgehead atoms. The van der Waals surface area contributed by atoms with Gasteiger partial charge in [0.15, 0.2) is 0 Å². The molecule has 1 amide bonds. The predicted molar refractivity (Wildman–Crippen MR) is 86.5 cm³/mol. The summed E-state index contributed by atoms with van der Waals surface area (Å²) in [6, 6.07) is 1.92. The molecule has 116 valence electrons. The van der Waals surface area contributed by atoms with Crippen molar-refractivity contribution >= 4 is 11.6 Å². The van der Waals surface area contributed by atoms with Gasteiger partial charge in [0.05, 0.1) is 11.3 Å². The molecule has 1 aromatic heterocycles. The smallest absolute Gasteiger partial charge is 0.255 e. The lowest BCUT2D eigenvalue weighted by molar-refractivity contribution is 0.0697. The van der Waals surface area contributed by atoms with E-state index in [0.717, 1.165) is 50.5 Å². The van der Waals surface area contributed by atoms with Gasteiger partial charge in [0.25, 0.3) is 5.91 Å². The van der Waals surface area contributed by atoms with E-state index < -0.39 is 0 Å². The molecule has 2 heterocycles. The van der Waals surface area contributed by atoms with E-state index >= 15 is 0 Å². The molecular weight excluding hydrogens is 262 g/mol. The zero-order valence-corrected chi connectivity index (χ0v) is 13.4. The first kappa shape index (κ1) is 15.8. The highest BCUT2D eigenvalue weighted by molar-refractivity contribution is 5.94. The quantitative estimate of drug-likeness (QED) is 0.903. The summed E-state index contributed by atoms with van der Waals surface area (Å²) in [6.07, 6.45) is 6.78. The van der Waals surface area contributed by atoms with Gasteiger partial charge in [0, 0.05) is 32.0 Å². The number of pyridine rings is 1. The van der Waals surface area contributed by atoms with Gasteiger partial charge < -0.3 is 10.2 Å². The van der Waals surface area contributed by atoms with Crippen molar-refractivity contribution in [2.24, 2.45) is 11.8 Å². The molecule has 0 aromatic carbocycles. The summed E-state index contributed by atoms with van der Waals surface area (Å²) in [4.78, 5) is 18.7. The maximum Gasteiger partial charge on any atom is 0.255 e. The number of carbonyl (C=O) groups is 1. The average Bonchev–Trinajstić information content (AvgIpc) is 2.47. The summed E-state index contributed by atoms with van der Waals surface area (Å²) in [7, 11) is 0. The van der Waals surface area contributed by atoms with Crippen LogP contribution in [0.3, 0.4) is 0 Å². The minimum Gasteiger partial charge on any atom is -0.384 e. The Labute approximate surface area is 127 Å². The molecule has 21 heavy (non-hydrogen) atoms. The molecule has 2 rings (SSSR count). The van der Waals surface area contributed by atoms with Crippen LogP contribution in [0.25, 0.3) is 0 Å². The Hall–Kier alpha value is -1.58. The summed E-state index contributed by atoms with van der Waals surface area (Å²) in [5, 5.41) is 3.35. The minimum atomic E-state index is 0.113. The SMILES string of the molecule is CC(C)CCNc1cncc(C(=O)N2CCC(C)CC2)c1. The standard InChI is InChI=1S/C17H27N3O/c1-13(2)4-7-19-16-10-15(11-18-12-16)17(21)20-8-5-14(3)6-9-20/h10-14,19H,4-9H2,1-3H3. The normalized spacial score (nSPS) is 16.3. The van der Waals surface area contributed by atoms with Gasteiger partial charge in [-0.05, 0) is 37.2 Å². The number of piperidine rings is 1. The van der Waals surface area contributed by atoms with Crippen LogP contribution in [0.15, 0.2) is 18.5 Å². The van der Waals surface area contributed by atoms with Crippen LogP contribution in [0.2, 0.25) is 0 Å². The van der Waals surface area contributed by atoms with Crippen molar-refractivity contribution in [1.82, 2.24) is 9.88 Å². The number of carbonyl (C=O) groups excluding carboxylic acids is 1. The third-order valence-electron chi connectivity index (χ3n) is 4.11. The molecule has 1 aliphatic rings. The first-order valence-electron chi connectivity index (χ1n) is 8.04. The monoisotopic (exact) mass is 289 g/mol. The number of aromatic nitrogens is 1. The van der Waals surface area contributed by atoms with Gasteiger partial charge in [-0.3, -0.25) is 9.78 Å². The van der Waals surface area contributed by atoms with Crippen molar-refractivity contribution < 1.29 is 4.79 Å². The van der Waals surface area contributed by atoms with Gasteiger partial charge in [0.1, 0.15) is 0 Å². The lowest BCUT2D eigenvalue weighted by Gasteiger charge is -2.30. The van der Waals surface area contributed by atoms with Crippen molar-refractivity contribution in [2.75, 3.05) is 25.0 Å². The van der Waals surface area contributed by atoms with Crippen LogP contribution in [-0.4, -0.2) is 35.4 Å². The fourth-order valence-electron chi connectivity index (χ4n) is 2.55. The van der Waals surface area contributed by atoms with Crippen molar-refractivity contribution in [3.05, 3.63) is 24.0 Å². The second-order valence-corrected chi connectivity index (χ2v) is 6.55. The van der Waals surface area contributed by atoms with Crippen molar-refractivity contribution in [2.45, 2.75) is 40.0 Å². The molecule has 0 atom stereocenters. The van der Waals surface area contributed by atoms with Gasteiger partial charge in [-0.15, -0.1) is 0 Å². The number of anilines is 1. The Morgan fingerprint density at radius 3 is 2.76 bits per heavy atom. The molecule has 0 radical (unpaired) electrons. The zero-order chi connectivity index (χ0) is 15.2. The van der Waals surface area contributed by atoms with Crippen LogP contribution >= 0.6 is 0 Å². The highest BCUT2D eigenvalue weighted by Gasteiger charge is 2.21. The summed E-state index contributed by atoms with van der Waals surface area (Å²) in [5.74, 6) is 1.52. The fourth-order valence-corrected chi connectivity index (χ4v) is 2.55. The minimum absolute atomic E-state index is 0.113. The first-order valence-corrected chi connectivity index (χ1v) is 8.04. The van der Waals surface area contributed by atoms with Crippen LogP contribution in [0.1, 0.15) is 50.4 Å². The lowest BCUT2D eigenvalue weighted by atomic mass is 9.99. The Balaban J connectivity index is 1.94. The predicted octanol–water partition coefficient (Wildman–Crippen LogP) is 3.41. The molecule has 1 fully saturated rings. The van der Waals surface area contributed by atoms with Gasteiger partial charge in [0.2, 0.25) is 0 Å². The van der Waals surface area contributed by atoms with Crippen LogP contribution in [-0.2, 0) is 0 Å². The second-order valence-electron chi connectivity index (χ2n) is 6.55. The summed E-state index contributed by atoms with van der Waals surface area (Å²) in [6.45, 7) is 9.31. The molecule has 0 spiro atoms. The molecule has 1 N–H and O–H groups in total. The maximum absolute atomic E-state index is 12.5. The number of rotatable bonds is 5. The van der Waals surface area contributed by atoms with Crippen molar-refractivity contribution in [1.29, 1.82) is 0 Å². The van der Waals surface area contributed by atoms with E-state index in [1.807, 2.05) is 11.0 Å². The number of hydrogen-bond acceptors (Lipinski definition) is 3. The Morgan fingerprint density at radius 1 is 1.38 bits per heavy atom. The van der Waals surface area contributed by atoms with E-state index in [2.05, 4.69) is 31.1 Å². The Kier molecular flexibility index (Phi) is 5.59. The third kappa shape index (κ3) is 4.73. The van der Waals surface area contributed by atoms with Crippen molar-refractivity contribution in [3.8, 4) is 0 Å². The Bertz CT molecular complexity index is 465. The highest BCUT2D eigenvalue weighted by Crippen LogP contribution is 2.19. The molecule has 0 aliphatic carbocycles. The Morgan fingerprint density at radius 2 is 2.10 bits per heavy atom. The van der Waals surface area contributed by atoms with E-state index in [4.69, 9.17) is 0 Å². The average molecular weight is 289 g/mol. The summed E-state index contributed by atoms with van der Waals surface area (Å²) in [5.41, 5.74) is 1.63. The second kappa shape index (κ2) is 7.43. The molecule has 0 unspecified atom stereocenters. The van der Waals surface area contributed by atoms with E-state index in [-0.39, 0.29) is 5.91 Å². The van der Waals surface area contributed by atoms with E-state index in [1.54, 1.807) is 12.4 Å².